The molecule has 1 fully saturated rings. The van der Waals surface area contributed by atoms with E-state index in [1.807, 2.05) is 39.8 Å². The van der Waals surface area contributed by atoms with Crippen molar-refractivity contribution in [3.05, 3.63) is 59.0 Å². The van der Waals surface area contributed by atoms with E-state index in [9.17, 15) is 4.79 Å². The highest BCUT2D eigenvalue weighted by Crippen LogP contribution is 2.18. The molecular weight excluding hydrogens is 430 g/mol. The molecule has 2 aromatic heterocycles. The van der Waals surface area contributed by atoms with Gasteiger partial charge in [-0.2, -0.15) is 0 Å². The normalized spacial score (nSPS) is 14.6. The van der Waals surface area contributed by atoms with Crippen LogP contribution in [0.5, 0.6) is 5.75 Å². The zero-order valence-electron chi connectivity index (χ0n) is 17.4. The lowest BCUT2D eigenvalue weighted by atomic mass is 10.3. The van der Waals surface area contributed by atoms with Gasteiger partial charge in [-0.1, -0.05) is 36.0 Å². The van der Waals surface area contributed by atoms with Crippen LogP contribution >= 0.6 is 23.1 Å². The topological polar surface area (TPSA) is 63.5 Å². The highest BCUT2D eigenvalue weighted by molar-refractivity contribution is 7.99. The van der Waals surface area contributed by atoms with Crippen LogP contribution in [0.4, 0.5) is 0 Å². The summed E-state index contributed by atoms with van der Waals surface area (Å²) in [7, 11) is 0. The van der Waals surface area contributed by atoms with Crippen LogP contribution in [0.15, 0.2) is 59.3 Å². The minimum Gasteiger partial charge on any atom is -0.492 e. The second kappa shape index (κ2) is 11.3. The smallest absolute Gasteiger partial charge is 0.233 e. The van der Waals surface area contributed by atoms with Gasteiger partial charge in [-0.05, 0) is 30.0 Å². The summed E-state index contributed by atoms with van der Waals surface area (Å²) in [6.07, 6.45) is 2.70. The van der Waals surface area contributed by atoms with Crippen LogP contribution in [0.2, 0.25) is 0 Å². The molecule has 3 heterocycles. The maximum absolute atomic E-state index is 12.7. The Morgan fingerprint density at radius 1 is 1.06 bits per heavy atom. The van der Waals surface area contributed by atoms with Crippen LogP contribution in [-0.4, -0.2) is 75.6 Å². The summed E-state index contributed by atoms with van der Waals surface area (Å²) in [5.74, 6) is 1.46. The fraction of sp³-hybridized carbons (Fsp3) is 0.409. The van der Waals surface area contributed by atoms with Gasteiger partial charge in [-0.25, -0.2) is 0 Å². The fourth-order valence-corrected chi connectivity index (χ4v) is 4.99. The van der Waals surface area contributed by atoms with Crippen LogP contribution in [0.1, 0.15) is 4.88 Å². The minimum atomic E-state index is 0.165. The molecule has 0 radical (unpaired) electrons. The van der Waals surface area contributed by atoms with E-state index in [2.05, 4.69) is 32.6 Å². The van der Waals surface area contributed by atoms with Crippen LogP contribution in [0.3, 0.4) is 0 Å². The molecule has 1 amide bonds. The molecule has 4 rings (SSSR count). The molecule has 1 saturated heterocycles. The average molecular weight is 458 g/mol. The molecule has 0 atom stereocenters. The first-order valence-corrected chi connectivity index (χ1v) is 12.4. The third kappa shape index (κ3) is 6.56. The monoisotopic (exact) mass is 457 g/mol. The number of aryl methyl sites for hydroxylation is 2. The van der Waals surface area contributed by atoms with E-state index in [-0.39, 0.29) is 5.91 Å². The van der Waals surface area contributed by atoms with Gasteiger partial charge >= 0.3 is 0 Å². The number of thiophene rings is 1. The number of hydrogen-bond donors (Lipinski definition) is 0. The van der Waals surface area contributed by atoms with Gasteiger partial charge in [-0.15, -0.1) is 21.5 Å². The largest absolute Gasteiger partial charge is 0.492 e. The SMILES string of the molecule is O=C(CSc1nncn1CCc1cccs1)N1CCN(CCOc2ccccc2)CC1. The molecule has 0 spiro atoms. The number of para-hydroxylation sites is 1. The Morgan fingerprint density at radius 2 is 1.90 bits per heavy atom. The number of benzene rings is 1. The molecule has 0 aliphatic carbocycles. The standard InChI is InChI=1S/C22H27N5O2S2/c28-21(17-31-22-24-23-18-27(22)9-8-20-7-4-16-30-20)26-12-10-25(11-13-26)14-15-29-19-5-2-1-3-6-19/h1-7,16,18H,8-15,17H2. The second-order valence-electron chi connectivity index (χ2n) is 7.31. The molecule has 0 N–H and O–H groups in total. The third-order valence-electron chi connectivity index (χ3n) is 5.23. The Morgan fingerprint density at radius 3 is 2.68 bits per heavy atom. The highest BCUT2D eigenvalue weighted by atomic mass is 32.2. The number of nitrogens with zero attached hydrogens (tertiary/aromatic N) is 5. The fourth-order valence-electron chi connectivity index (χ4n) is 3.44. The van der Waals surface area contributed by atoms with Gasteiger partial charge in [0.15, 0.2) is 5.16 Å². The van der Waals surface area contributed by atoms with Crippen LogP contribution in [-0.2, 0) is 17.8 Å². The van der Waals surface area contributed by atoms with E-state index in [1.54, 1.807) is 17.7 Å². The zero-order chi connectivity index (χ0) is 21.3. The third-order valence-corrected chi connectivity index (χ3v) is 7.13. The van der Waals surface area contributed by atoms with Crippen molar-refractivity contribution in [2.24, 2.45) is 0 Å². The lowest BCUT2D eigenvalue weighted by molar-refractivity contribution is -0.130. The molecule has 0 bridgehead atoms. The molecule has 31 heavy (non-hydrogen) atoms. The summed E-state index contributed by atoms with van der Waals surface area (Å²) in [5, 5.41) is 11.1. The van der Waals surface area contributed by atoms with Gasteiger partial charge in [0.1, 0.15) is 18.7 Å². The Hall–Kier alpha value is -2.36. The average Bonchev–Trinajstić information content (AvgIpc) is 3.49. The van der Waals surface area contributed by atoms with Gasteiger partial charge in [0.05, 0.1) is 5.75 Å². The van der Waals surface area contributed by atoms with E-state index >= 15 is 0 Å². The Kier molecular flexibility index (Phi) is 7.98. The van der Waals surface area contributed by atoms with Gasteiger partial charge < -0.3 is 14.2 Å². The van der Waals surface area contributed by atoms with Crippen molar-refractivity contribution in [1.29, 1.82) is 0 Å². The van der Waals surface area contributed by atoms with Crippen molar-refractivity contribution < 1.29 is 9.53 Å². The Labute approximate surface area is 191 Å². The van der Waals surface area contributed by atoms with Crippen molar-refractivity contribution in [3.8, 4) is 5.75 Å². The first kappa shape index (κ1) is 21.9. The molecule has 1 aliphatic heterocycles. The Balaban J connectivity index is 1.15. The second-order valence-corrected chi connectivity index (χ2v) is 9.28. The number of aromatic nitrogens is 3. The Bertz CT molecular complexity index is 925. The molecule has 1 aliphatic rings. The van der Waals surface area contributed by atoms with Gasteiger partial charge in [0.25, 0.3) is 0 Å². The minimum absolute atomic E-state index is 0.165. The van der Waals surface area contributed by atoms with E-state index in [0.717, 1.165) is 56.6 Å². The predicted molar refractivity (Wildman–Crippen MR) is 124 cm³/mol. The summed E-state index contributed by atoms with van der Waals surface area (Å²) in [5.41, 5.74) is 0. The molecule has 3 aromatic rings. The van der Waals surface area contributed by atoms with Crippen molar-refractivity contribution in [1.82, 2.24) is 24.6 Å². The van der Waals surface area contributed by atoms with E-state index in [0.29, 0.717) is 12.4 Å². The van der Waals surface area contributed by atoms with E-state index in [1.165, 1.54) is 16.6 Å². The molecular formula is C22H27N5O2S2. The van der Waals surface area contributed by atoms with E-state index in [4.69, 9.17) is 4.74 Å². The molecule has 0 saturated carbocycles. The van der Waals surface area contributed by atoms with Crippen LogP contribution < -0.4 is 4.74 Å². The summed E-state index contributed by atoms with van der Waals surface area (Å²) in [6.45, 7) is 5.64. The van der Waals surface area contributed by atoms with E-state index < -0.39 is 0 Å². The molecule has 0 unspecified atom stereocenters. The lowest BCUT2D eigenvalue weighted by Crippen LogP contribution is -2.50. The molecule has 1 aromatic carbocycles. The molecule has 9 heteroatoms. The lowest BCUT2D eigenvalue weighted by Gasteiger charge is -2.34. The predicted octanol–water partition coefficient (Wildman–Crippen LogP) is 2.90. The van der Waals surface area contributed by atoms with Gasteiger partial charge in [0, 0.05) is 44.1 Å². The summed E-state index contributed by atoms with van der Waals surface area (Å²) in [4.78, 5) is 18.3. The van der Waals surface area contributed by atoms with Crippen molar-refractivity contribution >= 4 is 29.0 Å². The van der Waals surface area contributed by atoms with Crippen molar-refractivity contribution in [2.75, 3.05) is 45.1 Å². The number of ether oxygens (including phenoxy) is 1. The number of rotatable bonds is 10. The zero-order valence-corrected chi connectivity index (χ0v) is 19.1. The maximum Gasteiger partial charge on any atom is 0.233 e. The number of hydrogen-bond acceptors (Lipinski definition) is 7. The first-order valence-electron chi connectivity index (χ1n) is 10.5. The number of thioether (sulfide) groups is 1. The van der Waals surface area contributed by atoms with Crippen LogP contribution in [0, 0.1) is 0 Å². The van der Waals surface area contributed by atoms with Crippen molar-refractivity contribution in [3.63, 3.8) is 0 Å². The number of amides is 1. The first-order chi connectivity index (χ1) is 15.3. The number of carbonyl (C=O) groups is 1. The maximum atomic E-state index is 12.7. The highest BCUT2D eigenvalue weighted by Gasteiger charge is 2.21. The van der Waals surface area contributed by atoms with Gasteiger partial charge in [0.2, 0.25) is 5.91 Å². The molecule has 7 nitrogen and oxygen atoms in total. The van der Waals surface area contributed by atoms with Crippen LogP contribution in [0.25, 0.3) is 0 Å². The number of carbonyl (C=O) groups excluding carboxylic acids is 1. The summed E-state index contributed by atoms with van der Waals surface area (Å²) >= 11 is 3.23. The summed E-state index contributed by atoms with van der Waals surface area (Å²) < 4.78 is 7.81. The van der Waals surface area contributed by atoms with Gasteiger partial charge in [-0.3, -0.25) is 9.69 Å². The number of piperazine rings is 1. The van der Waals surface area contributed by atoms with Crippen molar-refractivity contribution in [2.45, 2.75) is 18.1 Å². The quantitative estimate of drug-likeness (QED) is 0.436. The summed E-state index contributed by atoms with van der Waals surface area (Å²) in [6, 6.07) is 14.1. The molecule has 164 valence electrons.